The number of carbonyl (C=O) groups is 5. The third-order valence-electron chi connectivity index (χ3n) is 6.06. The van der Waals surface area contributed by atoms with Crippen LogP contribution in [0.1, 0.15) is 27.0 Å². The Balaban J connectivity index is 1.47. The first kappa shape index (κ1) is 28.2. The number of urea groups is 1. The second-order valence-electron chi connectivity index (χ2n) is 8.82. The number of benzene rings is 3. The van der Waals surface area contributed by atoms with Crippen molar-refractivity contribution in [3.8, 4) is 5.75 Å². The summed E-state index contributed by atoms with van der Waals surface area (Å²) in [5.41, 5.74) is 3.43. The number of hydrogen-bond donors (Lipinski definition) is 2. The van der Waals surface area contributed by atoms with Gasteiger partial charge in [-0.3, -0.25) is 19.7 Å². The Morgan fingerprint density at radius 2 is 1.70 bits per heavy atom. The average Bonchev–Trinajstić information content (AvgIpc) is 2.92. The van der Waals surface area contributed by atoms with Crippen LogP contribution in [0.3, 0.4) is 0 Å². The lowest BCUT2D eigenvalue weighted by atomic mass is 10.1. The molecular weight excluding hydrogens is 582 g/mol. The minimum absolute atomic E-state index is 0.164. The SMILES string of the molecule is COC(=O)c1ccc(N2C(=O)NC(=O)/C(=C/c3ccc(OCC(=O)Nc4ccc(C)c(C)c4)c(Br)c3)C2=O)cc1. The Bertz CT molecular complexity index is 1560. The van der Waals surface area contributed by atoms with E-state index in [2.05, 4.69) is 31.3 Å². The average molecular weight is 606 g/mol. The zero-order valence-corrected chi connectivity index (χ0v) is 23.3. The fraction of sp³-hybridized carbons (Fsp3) is 0.138. The van der Waals surface area contributed by atoms with Gasteiger partial charge in [-0.15, -0.1) is 0 Å². The van der Waals surface area contributed by atoms with Crippen molar-refractivity contribution in [1.29, 1.82) is 0 Å². The molecule has 40 heavy (non-hydrogen) atoms. The molecule has 11 heteroatoms. The van der Waals surface area contributed by atoms with Crippen molar-refractivity contribution in [3.63, 3.8) is 0 Å². The molecule has 2 N–H and O–H groups in total. The number of halogens is 1. The number of barbiturate groups is 1. The Morgan fingerprint density at radius 3 is 2.35 bits per heavy atom. The molecule has 1 aliphatic rings. The standard InChI is InChI=1S/C29H24BrN3O7/c1-16-4-8-20(12-17(16)2)31-25(34)15-40-24-11-5-18(14-23(24)30)13-22-26(35)32-29(38)33(27(22)36)21-9-6-19(7-10-21)28(37)39-3/h4-14H,15H2,1-3H3,(H,31,34)(H,32,35,38)/b22-13-. The zero-order valence-electron chi connectivity index (χ0n) is 21.7. The van der Waals surface area contributed by atoms with E-state index in [4.69, 9.17) is 4.74 Å². The molecular formula is C29H24BrN3O7. The maximum absolute atomic E-state index is 13.1. The Hall–Kier alpha value is -4.77. The molecule has 0 unspecified atom stereocenters. The fourth-order valence-electron chi connectivity index (χ4n) is 3.81. The number of aryl methyl sites for hydroxylation is 2. The largest absolute Gasteiger partial charge is 0.483 e. The van der Waals surface area contributed by atoms with Crippen LogP contribution >= 0.6 is 15.9 Å². The van der Waals surface area contributed by atoms with Gasteiger partial charge >= 0.3 is 12.0 Å². The number of esters is 1. The van der Waals surface area contributed by atoms with E-state index < -0.39 is 23.8 Å². The van der Waals surface area contributed by atoms with Crippen molar-refractivity contribution in [2.24, 2.45) is 0 Å². The molecule has 10 nitrogen and oxygen atoms in total. The predicted molar refractivity (Wildman–Crippen MR) is 151 cm³/mol. The van der Waals surface area contributed by atoms with Gasteiger partial charge in [0.2, 0.25) is 0 Å². The van der Waals surface area contributed by atoms with E-state index in [0.717, 1.165) is 16.0 Å². The summed E-state index contributed by atoms with van der Waals surface area (Å²) in [7, 11) is 1.24. The second-order valence-corrected chi connectivity index (χ2v) is 9.68. The summed E-state index contributed by atoms with van der Waals surface area (Å²) in [6, 6.07) is 15.1. The van der Waals surface area contributed by atoms with Crippen LogP contribution in [0, 0.1) is 13.8 Å². The van der Waals surface area contributed by atoms with Crippen molar-refractivity contribution < 1.29 is 33.4 Å². The lowest BCUT2D eigenvalue weighted by molar-refractivity contribution is -0.122. The summed E-state index contributed by atoms with van der Waals surface area (Å²) in [5.74, 6) is -2.22. The molecule has 1 fully saturated rings. The van der Waals surface area contributed by atoms with Gasteiger partial charge in [0.05, 0.1) is 22.8 Å². The predicted octanol–water partition coefficient (Wildman–Crippen LogP) is 4.54. The first-order valence-electron chi connectivity index (χ1n) is 12.0. The summed E-state index contributed by atoms with van der Waals surface area (Å²) in [6.07, 6.45) is 1.33. The maximum Gasteiger partial charge on any atom is 0.337 e. The fourth-order valence-corrected chi connectivity index (χ4v) is 4.32. The van der Waals surface area contributed by atoms with E-state index in [1.807, 2.05) is 32.0 Å². The molecule has 1 saturated heterocycles. The molecule has 1 heterocycles. The van der Waals surface area contributed by atoms with Crippen molar-refractivity contribution in [2.45, 2.75) is 13.8 Å². The van der Waals surface area contributed by atoms with Crippen LogP contribution in [0.15, 0.2) is 70.7 Å². The third-order valence-corrected chi connectivity index (χ3v) is 6.68. The summed E-state index contributed by atoms with van der Waals surface area (Å²) in [6.45, 7) is 3.71. The maximum atomic E-state index is 13.1. The first-order chi connectivity index (χ1) is 19.1. The van der Waals surface area contributed by atoms with Gasteiger partial charge in [-0.05, 0) is 101 Å². The Morgan fingerprint density at radius 1 is 0.975 bits per heavy atom. The molecule has 5 amide bonds. The highest BCUT2D eigenvalue weighted by molar-refractivity contribution is 9.10. The van der Waals surface area contributed by atoms with Gasteiger partial charge < -0.3 is 14.8 Å². The van der Waals surface area contributed by atoms with Crippen molar-refractivity contribution in [1.82, 2.24) is 5.32 Å². The highest BCUT2D eigenvalue weighted by Gasteiger charge is 2.36. The van der Waals surface area contributed by atoms with E-state index in [1.165, 1.54) is 37.5 Å². The van der Waals surface area contributed by atoms with Gasteiger partial charge in [-0.25, -0.2) is 14.5 Å². The number of nitrogens with one attached hydrogen (secondary N) is 2. The lowest BCUT2D eigenvalue weighted by Gasteiger charge is -2.26. The van der Waals surface area contributed by atoms with Crippen LogP contribution in [0.25, 0.3) is 6.08 Å². The molecule has 0 spiro atoms. The number of nitrogens with zero attached hydrogens (tertiary/aromatic N) is 1. The van der Waals surface area contributed by atoms with Gasteiger partial charge in [0.1, 0.15) is 11.3 Å². The van der Waals surface area contributed by atoms with Crippen LogP contribution in [0.2, 0.25) is 0 Å². The summed E-state index contributed by atoms with van der Waals surface area (Å²) >= 11 is 3.39. The molecule has 0 aliphatic carbocycles. The van der Waals surface area contributed by atoms with Gasteiger partial charge in [0.15, 0.2) is 6.61 Å². The number of hydrogen-bond acceptors (Lipinski definition) is 7. The zero-order chi connectivity index (χ0) is 29.0. The molecule has 1 aliphatic heterocycles. The highest BCUT2D eigenvalue weighted by atomic mass is 79.9. The molecule has 0 aromatic heterocycles. The Kier molecular flexibility index (Phi) is 8.44. The number of amides is 5. The van der Waals surface area contributed by atoms with E-state index in [-0.39, 0.29) is 29.3 Å². The normalized spacial score (nSPS) is 14.2. The number of rotatable bonds is 7. The smallest absolute Gasteiger partial charge is 0.337 e. The first-order valence-corrected chi connectivity index (χ1v) is 12.8. The van der Waals surface area contributed by atoms with Crippen LogP contribution in [0.4, 0.5) is 16.2 Å². The minimum atomic E-state index is -0.915. The minimum Gasteiger partial charge on any atom is -0.483 e. The molecule has 3 aromatic rings. The third kappa shape index (κ3) is 6.26. The Labute approximate surface area is 238 Å². The van der Waals surface area contributed by atoms with Gasteiger partial charge in [-0.1, -0.05) is 12.1 Å². The molecule has 3 aromatic carbocycles. The summed E-state index contributed by atoms with van der Waals surface area (Å²) in [5, 5.41) is 4.93. The van der Waals surface area contributed by atoms with Crippen LogP contribution in [-0.2, 0) is 19.1 Å². The van der Waals surface area contributed by atoms with Crippen LogP contribution < -0.4 is 20.3 Å². The van der Waals surface area contributed by atoms with Gasteiger partial charge in [0, 0.05) is 5.69 Å². The van der Waals surface area contributed by atoms with Crippen LogP contribution in [0.5, 0.6) is 5.75 Å². The van der Waals surface area contributed by atoms with Crippen molar-refractivity contribution in [3.05, 3.63) is 93.0 Å². The topological polar surface area (TPSA) is 131 Å². The van der Waals surface area contributed by atoms with E-state index in [9.17, 15) is 24.0 Å². The van der Waals surface area contributed by atoms with Gasteiger partial charge in [-0.2, -0.15) is 0 Å². The van der Waals surface area contributed by atoms with Crippen LogP contribution in [-0.4, -0.2) is 43.4 Å². The molecule has 0 saturated carbocycles. The number of carbonyl (C=O) groups excluding carboxylic acids is 5. The molecule has 0 atom stereocenters. The lowest BCUT2D eigenvalue weighted by Crippen LogP contribution is -2.54. The molecule has 204 valence electrons. The van der Waals surface area contributed by atoms with Crippen molar-refractivity contribution >= 4 is 63.1 Å². The van der Waals surface area contributed by atoms with E-state index in [1.54, 1.807) is 18.2 Å². The highest BCUT2D eigenvalue weighted by Crippen LogP contribution is 2.28. The molecule has 4 rings (SSSR count). The van der Waals surface area contributed by atoms with Crippen molar-refractivity contribution in [2.75, 3.05) is 23.9 Å². The monoisotopic (exact) mass is 605 g/mol. The number of ether oxygens (including phenoxy) is 2. The molecule has 0 radical (unpaired) electrons. The molecule has 0 bridgehead atoms. The number of anilines is 2. The van der Waals surface area contributed by atoms with E-state index >= 15 is 0 Å². The summed E-state index contributed by atoms with van der Waals surface area (Å²) < 4.78 is 10.8. The van der Waals surface area contributed by atoms with E-state index in [0.29, 0.717) is 21.5 Å². The quantitative estimate of drug-likeness (QED) is 0.230. The number of methoxy groups -OCH3 is 1. The summed E-state index contributed by atoms with van der Waals surface area (Å²) in [4.78, 5) is 62.9. The number of imide groups is 2. The van der Waals surface area contributed by atoms with Gasteiger partial charge in [0.25, 0.3) is 17.7 Å². The second kappa shape index (κ2) is 12.0.